The van der Waals surface area contributed by atoms with E-state index in [0.717, 1.165) is 31.4 Å². The zero-order valence-corrected chi connectivity index (χ0v) is 13.0. The van der Waals surface area contributed by atoms with Crippen LogP contribution in [0, 0.1) is 0 Å². The molecule has 0 unspecified atom stereocenters. The second-order valence-electron chi connectivity index (χ2n) is 6.19. The number of amides is 2. The van der Waals surface area contributed by atoms with Gasteiger partial charge in [0.25, 0.3) is 5.91 Å². The lowest BCUT2D eigenvalue weighted by molar-refractivity contribution is -0.132. The van der Waals surface area contributed by atoms with Crippen molar-refractivity contribution < 1.29 is 9.59 Å². The minimum Gasteiger partial charge on any atom is -0.362 e. The van der Waals surface area contributed by atoms with Crippen molar-refractivity contribution in [1.82, 2.24) is 10.2 Å². The van der Waals surface area contributed by atoms with Gasteiger partial charge in [0.05, 0.1) is 5.56 Å². The third-order valence-corrected chi connectivity index (χ3v) is 4.61. The van der Waals surface area contributed by atoms with Gasteiger partial charge in [0.2, 0.25) is 5.91 Å². The highest BCUT2D eigenvalue weighted by Crippen LogP contribution is 2.31. The molecule has 1 fully saturated rings. The molecule has 1 saturated heterocycles. The quantitative estimate of drug-likeness (QED) is 0.901. The Labute approximate surface area is 131 Å². The maximum absolute atomic E-state index is 12.3. The zero-order valence-electron chi connectivity index (χ0n) is 13.0. The Morgan fingerprint density at radius 1 is 1.23 bits per heavy atom. The largest absolute Gasteiger partial charge is 0.362 e. The molecule has 0 aromatic heterocycles. The standard InChI is InChI=1S/C17H23N3O2/c1-2-3-8-15(21)20-11-9-17(10-12-20)18-14-7-5-4-6-13(14)16(22)19-17/h4-7,18H,2-3,8-12H2,1H3,(H,19,22). The minimum atomic E-state index is -0.410. The van der Waals surface area contributed by atoms with Crippen LogP contribution < -0.4 is 10.6 Å². The van der Waals surface area contributed by atoms with Crippen LogP contribution in [-0.4, -0.2) is 35.5 Å². The Kier molecular flexibility index (Phi) is 4.05. The van der Waals surface area contributed by atoms with Gasteiger partial charge in [0.15, 0.2) is 0 Å². The molecule has 5 heteroatoms. The predicted octanol–water partition coefficient (Wildman–Crippen LogP) is 2.35. The smallest absolute Gasteiger partial charge is 0.255 e. The number of likely N-dealkylation sites (tertiary alicyclic amines) is 1. The summed E-state index contributed by atoms with van der Waals surface area (Å²) >= 11 is 0. The number of unbranched alkanes of at least 4 members (excludes halogenated alkanes) is 1. The van der Waals surface area contributed by atoms with E-state index in [9.17, 15) is 9.59 Å². The maximum atomic E-state index is 12.3. The van der Waals surface area contributed by atoms with Crippen LogP contribution >= 0.6 is 0 Å². The van der Waals surface area contributed by atoms with E-state index in [4.69, 9.17) is 0 Å². The number of para-hydroxylation sites is 1. The normalized spacial score (nSPS) is 19.3. The first-order chi connectivity index (χ1) is 10.6. The van der Waals surface area contributed by atoms with Crippen molar-refractivity contribution >= 4 is 17.5 Å². The summed E-state index contributed by atoms with van der Waals surface area (Å²) in [4.78, 5) is 26.3. The number of fused-ring (bicyclic) bond motifs is 1. The molecule has 2 heterocycles. The van der Waals surface area contributed by atoms with Crippen molar-refractivity contribution in [2.75, 3.05) is 18.4 Å². The number of nitrogens with one attached hydrogen (secondary N) is 2. The van der Waals surface area contributed by atoms with Gasteiger partial charge in [-0.05, 0) is 18.6 Å². The Morgan fingerprint density at radius 2 is 1.95 bits per heavy atom. The molecular weight excluding hydrogens is 278 g/mol. The number of rotatable bonds is 3. The molecule has 3 rings (SSSR count). The molecule has 5 nitrogen and oxygen atoms in total. The maximum Gasteiger partial charge on any atom is 0.255 e. The van der Waals surface area contributed by atoms with E-state index in [1.807, 2.05) is 29.2 Å². The first-order valence-corrected chi connectivity index (χ1v) is 8.11. The molecule has 2 N–H and O–H groups in total. The SMILES string of the molecule is CCCCC(=O)N1CCC2(CC1)NC(=O)c1ccccc1N2. The van der Waals surface area contributed by atoms with E-state index in [0.29, 0.717) is 25.1 Å². The molecule has 1 spiro atoms. The number of nitrogens with zero attached hydrogens (tertiary/aromatic N) is 1. The van der Waals surface area contributed by atoms with Crippen molar-refractivity contribution in [3.05, 3.63) is 29.8 Å². The Morgan fingerprint density at radius 3 is 2.68 bits per heavy atom. The van der Waals surface area contributed by atoms with Gasteiger partial charge in [-0.25, -0.2) is 0 Å². The summed E-state index contributed by atoms with van der Waals surface area (Å²) in [5.74, 6) is 0.208. The molecule has 118 valence electrons. The summed E-state index contributed by atoms with van der Waals surface area (Å²) in [6.07, 6.45) is 4.10. The highest BCUT2D eigenvalue weighted by atomic mass is 16.2. The van der Waals surface area contributed by atoms with Crippen LogP contribution in [0.15, 0.2) is 24.3 Å². The lowest BCUT2D eigenvalue weighted by Gasteiger charge is -2.45. The second kappa shape index (κ2) is 5.99. The third kappa shape index (κ3) is 2.80. The van der Waals surface area contributed by atoms with Gasteiger partial charge in [-0.3, -0.25) is 9.59 Å². The van der Waals surface area contributed by atoms with Crippen molar-refractivity contribution in [3.8, 4) is 0 Å². The van der Waals surface area contributed by atoms with Crippen molar-refractivity contribution in [1.29, 1.82) is 0 Å². The van der Waals surface area contributed by atoms with E-state index < -0.39 is 5.66 Å². The molecule has 2 amide bonds. The molecule has 1 aromatic rings. The molecule has 0 saturated carbocycles. The van der Waals surface area contributed by atoms with E-state index in [1.165, 1.54) is 0 Å². The molecular formula is C17H23N3O2. The van der Waals surface area contributed by atoms with Crippen molar-refractivity contribution in [2.24, 2.45) is 0 Å². The Balaban J connectivity index is 1.66. The molecule has 0 aliphatic carbocycles. The lowest BCUT2D eigenvalue weighted by Crippen LogP contribution is -2.62. The van der Waals surface area contributed by atoms with Crippen LogP contribution in [0.4, 0.5) is 5.69 Å². The van der Waals surface area contributed by atoms with Gasteiger partial charge in [-0.1, -0.05) is 25.5 Å². The van der Waals surface area contributed by atoms with E-state index in [2.05, 4.69) is 17.6 Å². The summed E-state index contributed by atoms with van der Waals surface area (Å²) in [5, 5.41) is 6.58. The highest BCUT2D eigenvalue weighted by molar-refractivity contribution is 6.02. The number of hydrogen-bond acceptors (Lipinski definition) is 3. The fourth-order valence-corrected chi connectivity index (χ4v) is 3.24. The Bertz CT molecular complexity index is 577. The van der Waals surface area contributed by atoms with Crippen LogP contribution in [0.2, 0.25) is 0 Å². The van der Waals surface area contributed by atoms with Crippen LogP contribution in [-0.2, 0) is 4.79 Å². The number of carbonyl (C=O) groups is 2. The van der Waals surface area contributed by atoms with Gasteiger partial charge in [-0.15, -0.1) is 0 Å². The number of hydrogen-bond donors (Lipinski definition) is 2. The van der Waals surface area contributed by atoms with Gasteiger partial charge in [0.1, 0.15) is 5.66 Å². The number of benzene rings is 1. The van der Waals surface area contributed by atoms with Crippen LogP contribution in [0.25, 0.3) is 0 Å². The number of piperidine rings is 1. The first-order valence-electron chi connectivity index (χ1n) is 8.11. The minimum absolute atomic E-state index is 0.0277. The van der Waals surface area contributed by atoms with Gasteiger partial charge in [0, 0.05) is 38.0 Å². The fourth-order valence-electron chi connectivity index (χ4n) is 3.24. The molecule has 2 aliphatic heterocycles. The molecule has 22 heavy (non-hydrogen) atoms. The summed E-state index contributed by atoms with van der Waals surface area (Å²) in [6.45, 7) is 3.48. The van der Waals surface area contributed by atoms with Crippen LogP contribution in [0.1, 0.15) is 49.4 Å². The van der Waals surface area contributed by atoms with Gasteiger partial charge in [-0.2, -0.15) is 0 Å². The molecule has 0 radical (unpaired) electrons. The van der Waals surface area contributed by atoms with Gasteiger partial charge < -0.3 is 15.5 Å². The van der Waals surface area contributed by atoms with Gasteiger partial charge >= 0.3 is 0 Å². The van der Waals surface area contributed by atoms with Crippen molar-refractivity contribution in [2.45, 2.75) is 44.7 Å². The van der Waals surface area contributed by atoms with Crippen LogP contribution in [0.3, 0.4) is 0 Å². The molecule has 2 aliphatic rings. The number of anilines is 1. The molecule has 1 aromatic carbocycles. The summed E-state index contributed by atoms with van der Waals surface area (Å²) < 4.78 is 0. The van der Waals surface area contributed by atoms with E-state index >= 15 is 0 Å². The van der Waals surface area contributed by atoms with Crippen LogP contribution in [0.5, 0.6) is 0 Å². The topological polar surface area (TPSA) is 61.4 Å². The zero-order chi connectivity index (χ0) is 15.6. The Hall–Kier alpha value is -2.04. The average Bonchev–Trinajstić information content (AvgIpc) is 2.53. The van der Waals surface area contributed by atoms with E-state index in [1.54, 1.807) is 0 Å². The number of carbonyl (C=O) groups excluding carboxylic acids is 2. The first kappa shape index (κ1) is 14.9. The monoisotopic (exact) mass is 301 g/mol. The molecule has 0 bridgehead atoms. The predicted molar refractivity (Wildman–Crippen MR) is 85.6 cm³/mol. The highest BCUT2D eigenvalue weighted by Gasteiger charge is 2.40. The van der Waals surface area contributed by atoms with Crippen molar-refractivity contribution in [3.63, 3.8) is 0 Å². The summed E-state index contributed by atoms with van der Waals surface area (Å²) in [6, 6.07) is 7.57. The van der Waals surface area contributed by atoms with E-state index in [-0.39, 0.29) is 11.8 Å². The second-order valence-corrected chi connectivity index (χ2v) is 6.19. The third-order valence-electron chi connectivity index (χ3n) is 4.61. The molecule has 0 atom stereocenters. The fraction of sp³-hybridized carbons (Fsp3) is 0.529. The summed E-state index contributed by atoms with van der Waals surface area (Å²) in [7, 11) is 0. The lowest BCUT2D eigenvalue weighted by atomic mass is 9.92. The average molecular weight is 301 g/mol. The summed E-state index contributed by atoms with van der Waals surface area (Å²) in [5.41, 5.74) is 1.17.